The fourth-order valence-electron chi connectivity index (χ4n) is 1.31. The Bertz CT molecular complexity index is 333. The summed E-state index contributed by atoms with van der Waals surface area (Å²) >= 11 is 0. The predicted octanol–water partition coefficient (Wildman–Crippen LogP) is -1.53. The second kappa shape index (κ2) is 6.34. The number of nitrogens with zero attached hydrogens (tertiary/aromatic N) is 1. The van der Waals surface area contributed by atoms with E-state index in [1.54, 1.807) is 21.1 Å². The number of aliphatic carboxylic acids is 2. The van der Waals surface area contributed by atoms with Gasteiger partial charge in [0.25, 0.3) is 0 Å². The number of carboxylic acids is 2. The second-order valence-electron chi connectivity index (χ2n) is 5.17. The van der Waals surface area contributed by atoms with Crippen LogP contribution in [-0.4, -0.2) is 61.3 Å². The van der Waals surface area contributed by atoms with Crippen molar-refractivity contribution in [2.24, 2.45) is 5.92 Å². The minimum absolute atomic E-state index is 0.256. The molecular formula is C11H19NO6. The van der Waals surface area contributed by atoms with Crippen molar-refractivity contribution in [1.29, 1.82) is 0 Å². The first-order valence-corrected chi connectivity index (χ1v) is 5.46. The number of quaternary nitrogens is 1. The maximum Gasteiger partial charge on any atom is 0.320 e. The minimum atomic E-state index is -1.34. The number of esters is 1. The molecule has 2 atom stereocenters. The molecule has 0 saturated heterocycles. The highest BCUT2D eigenvalue weighted by atomic mass is 16.5. The first kappa shape index (κ1) is 16.4. The van der Waals surface area contributed by atoms with Gasteiger partial charge in [0.2, 0.25) is 0 Å². The van der Waals surface area contributed by atoms with E-state index in [0.717, 1.165) is 0 Å². The van der Waals surface area contributed by atoms with Crippen molar-refractivity contribution in [1.82, 2.24) is 0 Å². The number of carbonyl (C=O) groups is 3. The summed E-state index contributed by atoms with van der Waals surface area (Å²) in [7, 11) is 5.41. The molecule has 0 aliphatic carbocycles. The van der Waals surface area contributed by atoms with Crippen LogP contribution in [0.4, 0.5) is 0 Å². The van der Waals surface area contributed by atoms with Gasteiger partial charge in [-0.2, -0.15) is 0 Å². The van der Waals surface area contributed by atoms with Crippen LogP contribution in [-0.2, 0) is 19.1 Å². The Balaban J connectivity index is 4.63. The number of likely N-dealkylation sites (N-methyl/N-ethyl adjacent to an activating group) is 1. The van der Waals surface area contributed by atoms with Gasteiger partial charge >= 0.3 is 11.9 Å². The molecule has 104 valence electrons. The molecule has 0 rings (SSSR count). The lowest BCUT2D eigenvalue weighted by Gasteiger charge is -2.29. The summed E-state index contributed by atoms with van der Waals surface area (Å²) in [6.07, 6.45) is -1.35. The monoisotopic (exact) mass is 261 g/mol. The molecule has 1 N–H and O–H groups in total. The summed E-state index contributed by atoms with van der Waals surface area (Å²) in [4.78, 5) is 32.6. The number of ether oxygens (including phenoxy) is 1. The third kappa shape index (κ3) is 6.85. The van der Waals surface area contributed by atoms with Gasteiger partial charge < -0.3 is 24.2 Å². The number of hydrogen-bond acceptors (Lipinski definition) is 5. The zero-order chi connectivity index (χ0) is 14.5. The van der Waals surface area contributed by atoms with Crippen molar-refractivity contribution in [2.75, 3.05) is 27.7 Å². The standard InChI is InChI=1S/C11H19NO6/c1-7(10(15)16)11(17)18-8(5-9(13)14)6-12(2,3)4/h7-8H,5-6H2,1-4H3,(H-,13,14,15,16)/t7?,8-/m1/s1. The Morgan fingerprint density at radius 3 is 2.11 bits per heavy atom. The Morgan fingerprint density at radius 2 is 1.78 bits per heavy atom. The topological polar surface area (TPSA) is 104 Å². The van der Waals surface area contributed by atoms with E-state index in [1.807, 2.05) is 0 Å². The first-order chi connectivity index (χ1) is 8.03. The molecule has 18 heavy (non-hydrogen) atoms. The fraction of sp³-hybridized carbons (Fsp3) is 0.727. The van der Waals surface area contributed by atoms with Crippen molar-refractivity contribution < 1.29 is 33.8 Å². The minimum Gasteiger partial charge on any atom is -0.550 e. The molecule has 7 heteroatoms. The van der Waals surface area contributed by atoms with Gasteiger partial charge in [-0.25, -0.2) is 0 Å². The summed E-state index contributed by atoms with van der Waals surface area (Å²) in [5.74, 6) is -4.91. The largest absolute Gasteiger partial charge is 0.550 e. The van der Waals surface area contributed by atoms with Gasteiger partial charge in [-0.1, -0.05) is 0 Å². The summed E-state index contributed by atoms with van der Waals surface area (Å²) in [5.41, 5.74) is 0. The van der Waals surface area contributed by atoms with Gasteiger partial charge in [-0.15, -0.1) is 0 Å². The molecule has 0 saturated carbocycles. The highest BCUT2D eigenvalue weighted by Gasteiger charge is 2.28. The van der Waals surface area contributed by atoms with Gasteiger partial charge in [-0.3, -0.25) is 9.59 Å². The van der Waals surface area contributed by atoms with E-state index in [2.05, 4.69) is 0 Å². The SMILES string of the molecule is CC(C(=O)O)C(=O)O[C@H](CC(=O)[O-])C[N+](C)(C)C. The van der Waals surface area contributed by atoms with E-state index >= 15 is 0 Å². The Morgan fingerprint density at radius 1 is 1.28 bits per heavy atom. The zero-order valence-electron chi connectivity index (χ0n) is 11.0. The summed E-state index contributed by atoms with van der Waals surface area (Å²) in [5, 5.41) is 19.2. The van der Waals surface area contributed by atoms with Crippen molar-refractivity contribution in [3.8, 4) is 0 Å². The number of carbonyl (C=O) groups excluding carboxylic acids is 2. The lowest BCUT2D eigenvalue weighted by Crippen LogP contribution is -2.45. The summed E-state index contributed by atoms with van der Waals surface area (Å²) in [6.45, 7) is 1.44. The normalized spacial score (nSPS) is 14.7. The van der Waals surface area contributed by atoms with Gasteiger partial charge in [0.1, 0.15) is 6.54 Å². The van der Waals surface area contributed by atoms with Crippen molar-refractivity contribution in [3.05, 3.63) is 0 Å². The van der Waals surface area contributed by atoms with E-state index < -0.39 is 36.4 Å². The molecule has 0 aliphatic heterocycles. The van der Waals surface area contributed by atoms with Crippen LogP contribution in [0.3, 0.4) is 0 Å². The molecule has 1 unspecified atom stereocenters. The van der Waals surface area contributed by atoms with E-state index in [9.17, 15) is 19.5 Å². The van der Waals surface area contributed by atoms with Crippen LogP contribution in [0.15, 0.2) is 0 Å². The molecule has 0 heterocycles. The molecule has 0 aromatic rings. The zero-order valence-corrected chi connectivity index (χ0v) is 11.0. The molecule has 0 aliphatic rings. The van der Waals surface area contributed by atoms with Crippen LogP contribution in [0, 0.1) is 5.92 Å². The van der Waals surface area contributed by atoms with E-state index in [4.69, 9.17) is 9.84 Å². The van der Waals surface area contributed by atoms with Crippen molar-refractivity contribution in [3.63, 3.8) is 0 Å². The van der Waals surface area contributed by atoms with Gasteiger partial charge in [0.05, 0.1) is 21.1 Å². The Hall–Kier alpha value is -1.63. The fourth-order valence-corrected chi connectivity index (χ4v) is 1.31. The predicted molar refractivity (Wildman–Crippen MR) is 59.2 cm³/mol. The number of rotatable bonds is 7. The van der Waals surface area contributed by atoms with Gasteiger partial charge in [0.15, 0.2) is 12.0 Å². The molecular weight excluding hydrogens is 242 g/mol. The van der Waals surface area contributed by atoms with E-state index in [0.29, 0.717) is 4.48 Å². The molecule has 0 radical (unpaired) electrons. The molecule has 7 nitrogen and oxygen atoms in total. The Labute approximate surface area is 106 Å². The van der Waals surface area contributed by atoms with Gasteiger partial charge in [0, 0.05) is 12.4 Å². The van der Waals surface area contributed by atoms with E-state index in [-0.39, 0.29) is 6.54 Å². The summed E-state index contributed by atoms with van der Waals surface area (Å²) in [6, 6.07) is 0. The molecule has 0 aromatic heterocycles. The molecule has 0 spiro atoms. The third-order valence-corrected chi connectivity index (χ3v) is 2.15. The lowest BCUT2D eigenvalue weighted by molar-refractivity contribution is -0.873. The second-order valence-corrected chi connectivity index (χ2v) is 5.17. The molecule has 0 aromatic carbocycles. The van der Waals surface area contributed by atoms with Crippen LogP contribution < -0.4 is 5.11 Å². The number of carboxylic acid groups (broad SMARTS) is 2. The van der Waals surface area contributed by atoms with Crippen LogP contribution in [0.1, 0.15) is 13.3 Å². The van der Waals surface area contributed by atoms with Crippen LogP contribution >= 0.6 is 0 Å². The maximum absolute atomic E-state index is 11.4. The van der Waals surface area contributed by atoms with Crippen LogP contribution in [0.2, 0.25) is 0 Å². The smallest absolute Gasteiger partial charge is 0.320 e. The van der Waals surface area contributed by atoms with Crippen molar-refractivity contribution >= 4 is 17.9 Å². The third-order valence-electron chi connectivity index (χ3n) is 2.15. The molecule has 0 bridgehead atoms. The average molecular weight is 261 g/mol. The lowest BCUT2D eigenvalue weighted by atomic mass is 10.2. The average Bonchev–Trinajstić information content (AvgIpc) is 2.11. The molecule has 0 fully saturated rings. The Kier molecular flexibility index (Phi) is 5.77. The maximum atomic E-state index is 11.4. The van der Waals surface area contributed by atoms with Crippen LogP contribution in [0.25, 0.3) is 0 Å². The summed E-state index contributed by atoms with van der Waals surface area (Å²) < 4.78 is 5.29. The highest BCUT2D eigenvalue weighted by molar-refractivity contribution is 5.93. The van der Waals surface area contributed by atoms with E-state index in [1.165, 1.54) is 6.92 Å². The van der Waals surface area contributed by atoms with Gasteiger partial charge in [-0.05, 0) is 6.92 Å². The first-order valence-electron chi connectivity index (χ1n) is 5.46. The van der Waals surface area contributed by atoms with Crippen LogP contribution in [0.5, 0.6) is 0 Å². The quantitative estimate of drug-likeness (QED) is 0.338. The highest BCUT2D eigenvalue weighted by Crippen LogP contribution is 2.08. The van der Waals surface area contributed by atoms with Crippen molar-refractivity contribution in [2.45, 2.75) is 19.4 Å². The number of hydrogen-bond donors (Lipinski definition) is 1. The molecule has 0 amide bonds.